The van der Waals surface area contributed by atoms with Crippen LogP contribution in [0.25, 0.3) is 0 Å². The minimum Gasteiger partial charge on any atom is -0.360 e. The monoisotopic (exact) mass is 376 g/mol. The molecule has 0 bridgehead atoms. The Hall–Kier alpha value is -2.45. The van der Waals surface area contributed by atoms with Gasteiger partial charge in [-0.25, -0.2) is 9.97 Å². The predicted molar refractivity (Wildman–Crippen MR) is 102 cm³/mol. The Bertz CT molecular complexity index is 762. The van der Waals surface area contributed by atoms with Gasteiger partial charge in [0.05, 0.1) is 4.92 Å². The second-order valence-corrected chi connectivity index (χ2v) is 6.49. The number of hydrogen-bond donors (Lipinski definition) is 1. The fourth-order valence-corrected chi connectivity index (χ4v) is 3.09. The third-order valence-corrected chi connectivity index (χ3v) is 4.73. The Balaban J connectivity index is 1.80. The lowest BCUT2D eigenvalue weighted by atomic mass is 10.2. The Morgan fingerprint density at radius 2 is 1.88 bits per heavy atom. The van der Waals surface area contributed by atoms with Crippen molar-refractivity contribution in [3.05, 3.63) is 51.3 Å². The van der Waals surface area contributed by atoms with E-state index in [1.54, 1.807) is 12.1 Å². The topological polar surface area (TPSA) is 87.4 Å². The highest BCUT2D eigenvalue weighted by atomic mass is 35.5. The van der Waals surface area contributed by atoms with Crippen LogP contribution in [0.2, 0.25) is 5.02 Å². The van der Waals surface area contributed by atoms with Crippen molar-refractivity contribution in [2.75, 3.05) is 42.9 Å². The molecule has 2 aromatic rings. The van der Waals surface area contributed by atoms with Crippen LogP contribution in [0.3, 0.4) is 0 Å². The van der Waals surface area contributed by atoms with Crippen LogP contribution in [-0.2, 0) is 6.54 Å². The van der Waals surface area contributed by atoms with Gasteiger partial charge in [-0.05, 0) is 24.2 Å². The summed E-state index contributed by atoms with van der Waals surface area (Å²) in [5, 5.41) is 15.4. The van der Waals surface area contributed by atoms with E-state index in [-0.39, 0.29) is 11.5 Å². The molecule has 3 rings (SSSR count). The number of halogens is 1. The molecule has 2 heterocycles. The molecular formula is C17H21ClN6O2. The molecule has 1 fully saturated rings. The van der Waals surface area contributed by atoms with Crippen LogP contribution in [-0.4, -0.2) is 52.5 Å². The molecule has 1 aliphatic heterocycles. The molecule has 138 valence electrons. The molecule has 0 aliphatic carbocycles. The number of benzene rings is 1. The summed E-state index contributed by atoms with van der Waals surface area (Å²) in [5.41, 5.74) is 0.881. The molecule has 0 radical (unpaired) electrons. The summed E-state index contributed by atoms with van der Waals surface area (Å²) < 4.78 is 0. The van der Waals surface area contributed by atoms with E-state index < -0.39 is 4.92 Å². The number of aromatic nitrogens is 2. The van der Waals surface area contributed by atoms with Crippen molar-refractivity contribution < 1.29 is 4.92 Å². The average Bonchev–Trinajstić information content (AvgIpc) is 2.67. The summed E-state index contributed by atoms with van der Waals surface area (Å²) in [5.74, 6) is 0.604. The number of rotatable bonds is 6. The summed E-state index contributed by atoms with van der Waals surface area (Å²) in [4.78, 5) is 23.8. The largest absolute Gasteiger partial charge is 0.360 e. The van der Waals surface area contributed by atoms with Crippen molar-refractivity contribution in [1.82, 2.24) is 14.9 Å². The molecule has 0 spiro atoms. The fourth-order valence-electron chi connectivity index (χ4n) is 2.96. The van der Waals surface area contributed by atoms with Gasteiger partial charge >= 0.3 is 5.69 Å². The molecule has 1 aromatic heterocycles. The van der Waals surface area contributed by atoms with E-state index in [0.29, 0.717) is 30.5 Å². The van der Waals surface area contributed by atoms with Crippen molar-refractivity contribution in [3.8, 4) is 0 Å². The van der Waals surface area contributed by atoms with Crippen LogP contribution < -0.4 is 10.2 Å². The Morgan fingerprint density at radius 3 is 2.50 bits per heavy atom. The maximum atomic E-state index is 11.7. The highest BCUT2D eigenvalue weighted by Gasteiger charge is 2.28. The smallest absolute Gasteiger partial charge is 0.353 e. The Labute approximate surface area is 157 Å². The molecule has 1 N–H and O–H groups in total. The van der Waals surface area contributed by atoms with Gasteiger partial charge in [0.15, 0.2) is 0 Å². The molecular weight excluding hydrogens is 356 g/mol. The van der Waals surface area contributed by atoms with Gasteiger partial charge in [0, 0.05) is 37.7 Å². The number of piperazine rings is 1. The van der Waals surface area contributed by atoms with E-state index in [9.17, 15) is 10.1 Å². The van der Waals surface area contributed by atoms with Crippen molar-refractivity contribution >= 4 is 28.9 Å². The minimum atomic E-state index is -0.411. The summed E-state index contributed by atoms with van der Waals surface area (Å²) >= 11 is 5.88. The number of likely N-dealkylation sites (N-methyl/N-ethyl adjacent to an activating group) is 1. The van der Waals surface area contributed by atoms with Crippen LogP contribution in [0.4, 0.5) is 17.3 Å². The number of nitrogens with zero attached hydrogens (tertiary/aromatic N) is 5. The van der Waals surface area contributed by atoms with Gasteiger partial charge in [0.25, 0.3) is 0 Å². The molecule has 0 saturated carbocycles. The maximum Gasteiger partial charge on any atom is 0.353 e. The van der Waals surface area contributed by atoms with Gasteiger partial charge in [0.1, 0.15) is 6.33 Å². The summed E-state index contributed by atoms with van der Waals surface area (Å²) in [7, 11) is 0. The molecule has 0 atom stereocenters. The van der Waals surface area contributed by atoms with E-state index in [0.717, 1.165) is 25.2 Å². The summed E-state index contributed by atoms with van der Waals surface area (Å²) in [6, 6.07) is 7.30. The maximum absolute atomic E-state index is 11.7. The van der Waals surface area contributed by atoms with Crippen LogP contribution in [0.15, 0.2) is 30.6 Å². The van der Waals surface area contributed by atoms with E-state index in [1.807, 2.05) is 17.0 Å². The lowest BCUT2D eigenvalue weighted by molar-refractivity contribution is -0.383. The minimum absolute atomic E-state index is 0.0774. The van der Waals surface area contributed by atoms with Gasteiger partial charge < -0.3 is 15.1 Å². The summed E-state index contributed by atoms with van der Waals surface area (Å²) in [6.07, 6.45) is 1.37. The first-order chi connectivity index (χ1) is 12.6. The van der Waals surface area contributed by atoms with E-state index >= 15 is 0 Å². The van der Waals surface area contributed by atoms with Gasteiger partial charge in [-0.15, -0.1) is 0 Å². The molecule has 0 amide bonds. The summed E-state index contributed by atoms with van der Waals surface area (Å²) in [6.45, 7) is 6.66. The second kappa shape index (κ2) is 8.29. The van der Waals surface area contributed by atoms with Gasteiger partial charge in [-0.2, -0.15) is 0 Å². The van der Waals surface area contributed by atoms with E-state index in [1.165, 1.54) is 6.33 Å². The third kappa shape index (κ3) is 4.20. The zero-order chi connectivity index (χ0) is 18.5. The molecule has 1 aromatic carbocycles. The molecule has 9 heteroatoms. The molecule has 1 saturated heterocycles. The molecule has 8 nitrogen and oxygen atoms in total. The Kier molecular flexibility index (Phi) is 5.85. The first-order valence-corrected chi connectivity index (χ1v) is 8.91. The second-order valence-electron chi connectivity index (χ2n) is 6.05. The number of anilines is 2. The normalized spacial score (nSPS) is 15.1. The van der Waals surface area contributed by atoms with Crippen LogP contribution in [0.5, 0.6) is 0 Å². The first kappa shape index (κ1) is 18.3. The SMILES string of the molecule is CCN1CCN(c2ncnc(NCc3ccc(Cl)cc3)c2[N+](=O)[O-])CC1. The number of hydrogen-bond acceptors (Lipinski definition) is 7. The highest BCUT2D eigenvalue weighted by Crippen LogP contribution is 2.32. The van der Waals surface area contributed by atoms with Crippen LogP contribution >= 0.6 is 11.6 Å². The van der Waals surface area contributed by atoms with Gasteiger partial charge in [-0.1, -0.05) is 30.7 Å². The number of nitro groups is 1. The first-order valence-electron chi connectivity index (χ1n) is 8.53. The van der Waals surface area contributed by atoms with Gasteiger partial charge in [-0.3, -0.25) is 10.1 Å². The van der Waals surface area contributed by atoms with E-state index in [4.69, 9.17) is 11.6 Å². The van der Waals surface area contributed by atoms with Gasteiger partial charge in [0.2, 0.25) is 11.6 Å². The molecule has 0 unspecified atom stereocenters. The lowest BCUT2D eigenvalue weighted by Gasteiger charge is -2.34. The highest BCUT2D eigenvalue weighted by molar-refractivity contribution is 6.30. The number of nitrogens with one attached hydrogen (secondary N) is 1. The van der Waals surface area contributed by atoms with Crippen molar-refractivity contribution in [2.45, 2.75) is 13.5 Å². The Morgan fingerprint density at radius 1 is 1.19 bits per heavy atom. The quantitative estimate of drug-likeness (QED) is 0.612. The standard InChI is InChI=1S/C17H21ClN6O2/c1-2-22-7-9-23(10-8-22)17-15(24(25)26)16(20-12-21-17)19-11-13-3-5-14(18)6-4-13/h3-6,12H,2,7-11H2,1H3,(H,19,20,21). The third-order valence-electron chi connectivity index (χ3n) is 4.48. The lowest BCUT2D eigenvalue weighted by Crippen LogP contribution is -2.46. The van der Waals surface area contributed by atoms with Crippen LogP contribution in [0, 0.1) is 10.1 Å². The van der Waals surface area contributed by atoms with Crippen molar-refractivity contribution in [3.63, 3.8) is 0 Å². The zero-order valence-corrected chi connectivity index (χ0v) is 15.3. The van der Waals surface area contributed by atoms with E-state index in [2.05, 4.69) is 27.1 Å². The fraction of sp³-hybridized carbons (Fsp3) is 0.412. The molecule has 26 heavy (non-hydrogen) atoms. The average molecular weight is 377 g/mol. The van der Waals surface area contributed by atoms with Crippen molar-refractivity contribution in [1.29, 1.82) is 0 Å². The van der Waals surface area contributed by atoms with Crippen molar-refractivity contribution in [2.24, 2.45) is 0 Å². The predicted octanol–water partition coefficient (Wildman–Crippen LogP) is 2.79. The zero-order valence-electron chi connectivity index (χ0n) is 14.6. The molecule has 1 aliphatic rings. The van der Waals surface area contributed by atoms with Crippen LogP contribution in [0.1, 0.15) is 12.5 Å².